The minimum absolute atomic E-state index is 0.0746. The summed E-state index contributed by atoms with van der Waals surface area (Å²) < 4.78 is 6.87. The Morgan fingerprint density at radius 2 is 1.85 bits per heavy atom. The van der Waals surface area contributed by atoms with E-state index in [1.165, 1.54) is 44.1 Å². The van der Waals surface area contributed by atoms with E-state index in [0.29, 0.717) is 11.9 Å². The molecule has 0 bridgehead atoms. The first-order chi connectivity index (χ1) is 16.6. The summed E-state index contributed by atoms with van der Waals surface area (Å²) in [4.78, 5) is 16.9. The van der Waals surface area contributed by atoms with Crippen LogP contribution < -0.4 is 5.32 Å². The summed E-state index contributed by atoms with van der Waals surface area (Å²) in [6.07, 6.45) is 7.55. The van der Waals surface area contributed by atoms with Crippen molar-refractivity contribution >= 4 is 11.9 Å². The smallest absolute Gasteiger partial charge is 0.378 e. The van der Waals surface area contributed by atoms with Crippen molar-refractivity contribution in [2.24, 2.45) is 5.92 Å². The average molecular weight is 461 g/mol. The van der Waals surface area contributed by atoms with Crippen molar-refractivity contribution in [2.45, 2.75) is 64.7 Å². The van der Waals surface area contributed by atoms with Gasteiger partial charge in [-0.2, -0.15) is 9.67 Å². The largest absolute Gasteiger partial charge is 0.460 e. The first-order valence-electron chi connectivity index (χ1n) is 12.6. The molecule has 34 heavy (non-hydrogen) atoms. The van der Waals surface area contributed by atoms with Gasteiger partial charge in [-0.3, -0.25) is 0 Å². The van der Waals surface area contributed by atoms with Gasteiger partial charge in [-0.25, -0.2) is 4.79 Å². The van der Waals surface area contributed by atoms with E-state index in [-0.39, 0.29) is 17.8 Å². The fourth-order valence-electron chi connectivity index (χ4n) is 4.83. The molecule has 0 amide bonds. The van der Waals surface area contributed by atoms with Crippen LogP contribution in [0.3, 0.4) is 0 Å². The number of hydrogen-bond acceptors (Lipinski definition) is 5. The van der Waals surface area contributed by atoms with Crippen LogP contribution in [-0.4, -0.2) is 33.9 Å². The SMILES string of the molecule is CCCCCC[C@H]1C[C@@]1(CNc1nc(C(=O)OCC)nn1-c1ccc(C)cc1)c1ccccc1. The molecule has 1 aromatic heterocycles. The molecular weight excluding hydrogens is 424 g/mol. The summed E-state index contributed by atoms with van der Waals surface area (Å²) in [6.45, 7) is 7.13. The van der Waals surface area contributed by atoms with Crippen molar-refractivity contribution in [1.29, 1.82) is 0 Å². The number of nitrogens with zero attached hydrogens (tertiary/aromatic N) is 3. The lowest BCUT2D eigenvalue weighted by Crippen LogP contribution is -2.24. The molecule has 0 unspecified atom stereocenters. The van der Waals surface area contributed by atoms with E-state index in [2.05, 4.69) is 52.7 Å². The maximum Gasteiger partial charge on any atom is 0.378 e. The number of nitrogens with one attached hydrogen (secondary N) is 1. The second-order valence-corrected chi connectivity index (χ2v) is 9.35. The summed E-state index contributed by atoms with van der Waals surface area (Å²) in [7, 11) is 0. The van der Waals surface area contributed by atoms with Crippen molar-refractivity contribution in [1.82, 2.24) is 14.8 Å². The van der Waals surface area contributed by atoms with Crippen LogP contribution in [0.15, 0.2) is 54.6 Å². The third-order valence-electron chi connectivity index (χ3n) is 6.89. The normalized spacial score (nSPS) is 19.1. The van der Waals surface area contributed by atoms with Crippen molar-refractivity contribution < 1.29 is 9.53 Å². The van der Waals surface area contributed by atoms with E-state index in [1.54, 1.807) is 11.6 Å². The van der Waals surface area contributed by atoms with Gasteiger partial charge in [-0.15, -0.1) is 5.10 Å². The third-order valence-corrected chi connectivity index (χ3v) is 6.89. The van der Waals surface area contributed by atoms with Crippen LogP contribution in [-0.2, 0) is 10.2 Å². The molecule has 0 spiro atoms. The molecule has 2 atom stereocenters. The fourth-order valence-corrected chi connectivity index (χ4v) is 4.83. The molecule has 1 aliphatic carbocycles. The molecule has 0 saturated heterocycles. The number of aryl methyl sites for hydroxylation is 1. The summed E-state index contributed by atoms with van der Waals surface area (Å²) in [5, 5.41) is 8.04. The molecule has 1 fully saturated rings. The zero-order chi connectivity index (χ0) is 24.0. The first-order valence-corrected chi connectivity index (χ1v) is 12.6. The molecule has 2 aromatic carbocycles. The summed E-state index contributed by atoms with van der Waals surface area (Å²) in [5.41, 5.74) is 3.48. The standard InChI is InChI=1S/C28H36N4O2/c1-4-6-7-9-14-23-19-28(23,22-12-10-8-11-13-22)20-29-27-30-25(26(33)34-5-2)31-32(27)24-17-15-21(3)16-18-24/h8,10-13,15-18,23H,4-7,9,14,19-20H2,1-3H3,(H,29,30,31)/t23-,28+/m0/s1. The maximum absolute atomic E-state index is 12.4. The molecule has 4 rings (SSSR count). The molecule has 0 radical (unpaired) electrons. The van der Waals surface area contributed by atoms with Gasteiger partial charge in [-0.05, 0) is 50.3 Å². The number of aromatic nitrogens is 3. The van der Waals surface area contributed by atoms with E-state index >= 15 is 0 Å². The van der Waals surface area contributed by atoms with E-state index in [0.717, 1.165) is 17.8 Å². The summed E-state index contributed by atoms with van der Waals surface area (Å²) in [6, 6.07) is 18.8. The monoisotopic (exact) mass is 460 g/mol. The van der Waals surface area contributed by atoms with Gasteiger partial charge in [0.1, 0.15) is 0 Å². The third kappa shape index (κ3) is 5.32. The predicted molar refractivity (Wildman–Crippen MR) is 136 cm³/mol. The topological polar surface area (TPSA) is 69.0 Å². The lowest BCUT2D eigenvalue weighted by molar-refractivity contribution is 0.0512. The molecular formula is C28H36N4O2. The van der Waals surface area contributed by atoms with Gasteiger partial charge in [-0.1, -0.05) is 80.6 Å². The number of benzene rings is 2. The number of unbranched alkanes of at least 4 members (excludes halogenated alkanes) is 3. The number of hydrogen-bond donors (Lipinski definition) is 1. The van der Waals surface area contributed by atoms with Crippen LogP contribution in [0.5, 0.6) is 0 Å². The Hall–Kier alpha value is -3.15. The zero-order valence-electron chi connectivity index (χ0n) is 20.6. The van der Waals surface area contributed by atoms with Gasteiger partial charge in [0.2, 0.25) is 5.95 Å². The zero-order valence-corrected chi connectivity index (χ0v) is 20.6. The highest BCUT2D eigenvalue weighted by atomic mass is 16.5. The molecule has 6 nitrogen and oxygen atoms in total. The fraction of sp³-hybridized carbons (Fsp3) is 0.464. The van der Waals surface area contributed by atoms with Crippen molar-refractivity contribution in [3.8, 4) is 5.69 Å². The van der Waals surface area contributed by atoms with Gasteiger partial charge in [0.05, 0.1) is 12.3 Å². The Morgan fingerprint density at radius 3 is 2.56 bits per heavy atom. The number of esters is 1. The lowest BCUT2D eigenvalue weighted by Gasteiger charge is -2.20. The molecule has 1 N–H and O–H groups in total. The second-order valence-electron chi connectivity index (χ2n) is 9.35. The van der Waals surface area contributed by atoms with Gasteiger partial charge < -0.3 is 10.1 Å². The second kappa shape index (κ2) is 10.9. The highest BCUT2D eigenvalue weighted by Gasteiger charge is 2.54. The van der Waals surface area contributed by atoms with Crippen LogP contribution in [0.2, 0.25) is 0 Å². The maximum atomic E-state index is 12.4. The number of ether oxygens (including phenoxy) is 1. The van der Waals surface area contributed by atoms with Gasteiger partial charge >= 0.3 is 5.97 Å². The Balaban J connectivity index is 1.57. The number of carbonyl (C=O) groups is 1. The highest BCUT2D eigenvalue weighted by Crippen LogP contribution is 2.56. The van der Waals surface area contributed by atoms with Crippen molar-refractivity contribution in [2.75, 3.05) is 18.5 Å². The number of anilines is 1. The minimum atomic E-state index is -0.505. The van der Waals surface area contributed by atoms with Gasteiger partial charge in [0.15, 0.2) is 0 Å². The molecule has 1 aliphatic rings. The Bertz CT molecular complexity index is 1080. The van der Waals surface area contributed by atoms with Crippen LogP contribution >= 0.6 is 0 Å². The Morgan fingerprint density at radius 1 is 1.09 bits per heavy atom. The van der Waals surface area contributed by atoms with Crippen molar-refractivity contribution in [3.63, 3.8) is 0 Å². The Labute approximate surface area is 202 Å². The lowest BCUT2D eigenvalue weighted by atomic mass is 9.91. The highest BCUT2D eigenvalue weighted by molar-refractivity contribution is 5.85. The number of carbonyl (C=O) groups excluding carboxylic acids is 1. The predicted octanol–water partition coefficient (Wildman–Crippen LogP) is 6.09. The van der Waals surface area contributed by atoms with Crippen molar-refractivity contribution in [3.05, 3.63) is 71.5 Å². The Kier molecular flexibility index (Phi) is 7.66. The molecule has 1 saturated carbocycles. The average Bonchev–Trinajstić information content (AvgIpc) is 3.40. The molecule has 6 heteroatoms. The van der Waals surface area contributed by atoms with E-state index in [1.807, 2.05) is 31.2 Å². The van der Waals surface area contributed by atoms with E-state index < -0.39 is 5.97 Å². The van der Waals surface area contributed by atoms with Gasteiger partial charge in [0.25, 0.3) is 5.82 Å². The quantitative estimate of drug-likeness (QED) is 0.261. The first kappa shape index (κ1) is 24.0. The van der Waals surface area contributed by atoms with Crippen LogP contribution in [0.25, 0.3) is 5.69 Å². The van der Waals surface area contributed by atoms with Gasteiger partial charge in [0, 0.05) is 12.0 Å². The van der Waals surface area contributed by atoms with Crippen LogP contribution in [0.1, 0.15) is 74.1 Å². The van der Waals surface area contributed by atoms with Crippen LogP contribution in [0.4, 0.5) is 5.95 Å². The summed E-state index contributed by atoms with van der Waals surface area (Å²) >= 11 is 0. The van der Waals surface area contributed by atoms with Crippen LogP contribution in [0, 0.1) is 12.8 Å². The molecule has 1 heterocycles. The summed E-state index contributed by atoms with van der Waals surface area (Å²) in [5.74, 6) is 0.790. The van der Waals surface area contributed by atoms with E-state index in [9.17, 15) is 4.79 Å². The molecule has 3 aromatic rings. The number of rotatable bonds is 12. The molecule has 0 aliphatic heterocycles. The minimum Gasteiger partial charge on any atom is -0.460 e. The molecule has 180 valence electrons. The van der Waals surface area contributed by atoms with E-state index in [4.69, 9.17) is 4.74 Å².